The lowest BCUT2D eigenvalue weighted by atomic mass is 10.1. The summed E-state index contributed by atoms with van der Waals surface area (Å²) in [5, 5.41) is 14.4. The molecule has 3 N–H and O–H groups in total. The zero-order chi connectivity index (χ0) is 19.8. The third kappa shape index (κ3) is 15.0. The van der Waals surface area contributed by atoms with Gasteiger partial charge >= 0.3 is 6.09 Å². The van der Waals surface area contributed by atoms with Gasteiger partial charge in [-0.25, -0.2) is 4.79 Å². The zero-order valence-electron chi connectivity index (χ0n) is 17.2. The maximum atomic E-state index is 12.0. The van der Waals surface area contributed by atoms with Crippen molar-refractivity contribution in [3.05, 3.63) is 0 Å². The lowest BCUT2D eigenvalue weighted by molar-refractivity contribution is -0.124. The minimum Gasteiger partial charge on any atom is -0.444 e. The van der Waals surface area contributed by atoms with Gasteiger partial charge in [0.05, 0.1) is 6.61 Å². The monoisotopic (exact) mass is 372 g/mol. The highest BCUT2D eigenvalue weighted by atomic mass is 16.6. The van der Waals surface area contributed by atoms with E-state index < -0.39 is 24.3 Å². The summed E-state index contributed by atoms with van der Waals surface area (Å²) in [6, 6.07) is -0.979. The summed E-state index contributed by atoms with van der Waals surface area (Å²) in [5.74, 6) is -0.380. The summed E-state index contributed by atoms with van der Waals surface area (Å²) in [4.78, 5) is 23.7. The second kappa shape index (κ2) is 14.8. The molecule has 0 radical (unpaired) electrons. The minimum absolute atomic E-state index is 0.380. The van der Waals surface area contributed by atoms with Gasteiger partial charge in [-0.15, -0.1) is 0 Å². The predicted octanol–water partition coefficient (Wildman–Crippen LogP) is 3.91. The van der Waals surface area contributed by atoms with Crippen LogP contribution in [0.5, 0.6) is 0 Å². The Kier molecular flexibility index (Phi) is 14.1. The van der Waals surface area contributed by atoms with Crippen molar-refractivity contribution in [1.29, 1.82) is 0 Å². The molecule has 0 fully saturated rings. The van der Waals surface area contributed by atoms with Crippen LogP contribution in [0.1, 0.15) is 91.9 Å². The number of unbranched alkanes of at least 4 members (excludes halogenated alkanes) is 9. The van der Waals surface area contributed by atoms with Crippen LogP contribution in [-0.4, -0.2) is 41.9 Å². The molecule has 26 heavy (non-hydrogen) atoms. The van der Waals surface area contributed by atoms with Crippen LogP contribution in [0.4, 0.5) is 4.79 Å². The number of carbonyl (C=O) groups is 2. The molecule has 0 unspecified atom stereocenters. The molecule has 0 aliphatic heterocycles. The number of hydrogen-bond donors (Lipinski definition) is 3. The molecule has 0 aromatic carbocycles. The molecule has 6 nitrogen and oxygen atoms in total. The van der Waals surface area contributed by atoms with E-state index >= 15 is 0 Å². The fourth-order valence-corrected chi connectivity index (χ4v) is 2.59. The summed E-state index contributed by atoms with van der Waals surface area (Å²) >= 11 is 0. The van der Waals surface area contributed by atoms with E-state index in [0.29, 0.717) is 6.54 Å². The quantitative estimate of drug-likeness (QED) is 0.403. The topological polar surface area (TPSA) is 87.7 Å². The van der Waals surface area contributed by atoms with E-state index in [1.54, 1.807) is 20.8 Å². The number of aliphatic hydroxyl groups is 1. The van der Waals surface area contributed by atoms with Crippen molar-refractivity contribution in [3.8, 4) is 0 Å². The second-order valence-electron chi connectivity index (χ2n) is 7.85. The SMILES string of the molecule is CCCCCCCCCCCCNC(=O)[C@H](CO)NC(=O)OC(C)(C)C. The highest BCUT2D eigenvalue weighted by Gasteiger charge is 2.23. The Morgan fingerprint density at radius 3 is 1.88 bits per heavy atom. The first kappa shape index (κ1) is 24.7. The number of rotatable bonds is 14. The van der Waals surface area contributed by atoms with Crippen LogP contribution in [0.2, 0.25) is 0 Å². The summed E-state index contributed by atoms with van der Waals surface area (Å²) in [5.41, 5.74) is -0.642. The van der Waals surface area contributed by atoms with Crippen molar-refractivity contribution in [2.24, 2.45) is 0 Å². The number of hydrogen-bond acceptors (Lipinski definition) is 4. The average Bonchev–Trinajstić information content (AvgIpc) is 2.55. The van der Waals surface area contributed by atoms with Crippen LogP contribution in [-0.2, 0) is 9.53 Å². The van der Waals surface area contributed by atoms with Crippen LogP contribution in [0.3, 0.4) is 0 Å². The predicted molar refractivity (Wildman–Crippen MR) is 105 cm³/mol. The van der Waals surface area contributed by atoms with E-state index in [9.17, 15) is 14.7 Å². The minimum atomic E-state index is -0.979. The molecule has 2 amide bonds. The molecule has 0 aliphatic rings. The van der Waals surface area contributed by atoms with Crippen LogP contribution in [0, 0.1) is 0 Å². The standard InChI is InChI=1S/C20H40N2O4/c1-5-6-7-8-9-10-11-12-13-14-15-21-18(24)17(16-23)22-19(25)26-20(2,3)4/h17,23H,5-16H2,1-4H3,(H,21,24)(H,22,25)/t17-/m0/s1. The molecular formula is C20H40N2O4. The van der Waals surface area contributed by atoms with Crippen molar-refractivity contribution in [1.82, 2.24) is 10.6 Å². The normalized spacial score (nSPS) is 12.5. The Morgan fingerprint density at radius 2 is 1.42 bits per heavy atom. The largest absolute Gasteiger partial charge is 0.444 e. The molecule has 0 saturated heterocycles. The van der Waals surface area contributed by atoms with E-state index in [2.05, 4.69) is 17.6 Å². The highest BCUT2D eigenvalue weighted by Crippen LogP contribution is 2.10. The Labute approximate surface area is 159 Å². The smallest absolute Gasteiger partial charge is 0.408 e. The Bertz CT molecular complexity index is 380. The Hall–Kier alpha value is -1.30. The van der Waals surface area contributed by atoms with Gasteiger partial charge in [0.25, 0.3) is 0 Å². The Morgan fingerprint density at radius 1 is 0.923 bits per heavy atom. The van der Waals surface area contributed by atoms with Crippen LogP contribution in [0.25, 0.3) is 0 Å². The van der Waals surface area contributed by atoms with E-state index in [-0.39, 0.29) is 5.91 Å². The fraction of sp³-hybridized carbons (Fsp3) is 0.900. The molecule has 0 aromatic heterocycles. The van der Waals surface area contributed by atoms with Gasteiger partial charge in [0, 0.05) is 6.54 Å². The Balaban J connectivity index is 3.71. The van der Waals surface area contributed by atoms with Crippen molar-refractivity contribution in [3.63, 3.8) is 0 Å². The first-order chi connectivity index (χ1) is 12.3. The second-order valence-corrected chi connectivity index (χ2v) is 7.85. The van der Waals surface area contributed by atoms with E-state index in [1.165, 1.54) is 51.4 Å². The fourth-order valence-electron chi connectivity index (χ4n) is 2.59. The van der Waals surface area contributed by atoms with Crippen LogP contribution in [0.15, 0.2) is 0 Å². The number of amides is 2. The van der Waals surface area contributed by atoms with Gasteiger partial charge in [0.15, 0.2) is 0 Å². The molecule has 0 bridgehead atoms. The summed E-state index contributed by atoms with van der Waals surface area (Å²) < 4.78 is 5.09. The van der Waals surface area contributed by atoms with Gasteiger partial charge < -0.3 is 20.5 Å². The highest BCUT2D eigenvalue weighted by molar-refractivity contribution is 5.85. The third-order valence-corrected chi connectivity index (χ3v) is 4.02. The number of carbonyl (C=O) groups excluding carboxylic acids is 2. The third-order valence-electron chi connectivity index (χ3n) is 4.02. The lowest BCUT2D eigenvalue weighted by Gasteiger charge is -2.22. The first-order valence-corrected chi connectivity index (χ1v) is 10.2. The number of alkyl carbamates (subject to hydrolysis) is 1. The van der Waals surface area contributed by atoms with Crippen molar-refractivity contribution >= 4 is 12.0 Å². The maximum absolute atomic E-state index is 12.0. The van der Waals surface area contributed by atoms with Crippen LogP contribution < -0.4 is 10.6 Å². The van der Waals surface area contributed by atoms with Gasteiger partial charge in [0.1, 0.15) is 11.6 Å². The van der Waals surface area contributed by atoms with Crippen LogP contribution >= 0.6 is 0 Å². The van der Waals surface area contributed by atoms with Gasteiger partial charge in [-0.1, -0.05) is 64.7 Å². The van der Waals surface area contributed by atoms with Crippen molar-refractivity contribution in [2.75, 3.05) is 13.2 Å². The molecule has 0 aromatic rings. The molecule has 154 valence electrons. The lowest BCUT2D eigenvalue weighted by Crippen LogP contribution is -2.50. The van der Waals surface area contributed by atoms with Gasteiger partial charge in [-0.05, 0) is 27.2 Å². The van der Waals surface area contributed by atoms with Gasteiger partial charge in [-0.2, -0.15) is 0 Å². The van der Waals surface area contributed by atoms with Gasteiger partial charge in [-0.3, -0.25) is 4.79 Å². The maximum Gasteiger partial charge on any atom is 0.408 e. The van der Waals surface area contributed by atoms with E-state index in [0.717, 1.165) is 12.8 Å². The molecule has 1 atom stereocenters. The molecule has 0 rings (SSSR count). The van der Waals surface area contributed by atoms with E-state index in [1.807, 2.05) is 0 Å². The zero-order valence-corrected chi connectivity index (χ0v) is 17.2. The molecular weight excluding hydrogens is 332 g/mol. The summed E-state index contributed by atoms with van der Waals surface area (Å²) in [7, 11) is 0. The number of nitrogens with one attached hydrogen (secondary N) is 2. The first-order valence-electron chi connectivity index (χ1n) is 10.2. The number of aliphatic hydroxyl groups excluding tert-OH is 1. The number of ether oxygens (including phenoxy) is 1. The summed E-state index contributed by atoms with van der Waals surface area (Å²) in [6.45, 7) is 7.56. The molecule has 0 saturated carbocycles. The molecule has 6 heteroatoms. The molecule has 0 heterocycles. The molecule has 0 aliphatic carbocycles. The summed E-state index contributed by atoms with van der Waals surface area (Å²) in [6.07, 6.45) is 11.7. The average molecular weight is 373 g/mol. The van der Waals surface area contributed by atoms with Gasteiger partial charge in [0.2, 0.25) is 5.91 Å². The van der Waals surface area contributed by atoms with Crippen molar-refractivity contribution in [2.45, 2.75) is 104 Å². The molecule has 0 spiro atoms. The van der Waals surface area contributed by atoms with E-state index in [4.69, 9.17) is 4.74 Å². The van der Waals surface area contributed by atoms with Crippen molar-refractivity contribution < 1.29 is 19.4 Å².